The fourth-order valence-corrected chi connectivity index (χ4v) is 4.17. The van der Waals surface area contributed by atoms with Gasteiger partial charge in [0.25, 0.3) is 0 Å². The van der Waals surface area contributed by atoms with E-state index in [0.29, 0.717) is 0 Å². The molecule has 0 amide bonds. The van der Waals surface area contributed by atoms with Crippen molar-refractivity contribution in [3.05, 3.63) is 0 Å². The van der Waals surface area contributed by atoms with Crippen LogP contribution in [-0.4, -0.2) is 11.9 Å². The van der Waals surface area contributed by atoms with E-state index in [1.165, 1.54) is 0 Å². The molecule has 1 aliphatic rings. The molecule has 0 aromatic carbocycles. The third kappa shape index (κ3) is 3.15. The fourth-order valence-electron chi connectivity index (χ4n) is 4.17. The molecular formula is C21H38O3. The third-order valence-electron chi connectivity index (χ3n) is 7.84. The van der Waals surface area contributed by atoms with Gasteiger partial charge in [-0.3, -0.25) is 9.59 Å². The molecule has 1 fully saturated rings. The average Bonchev–Trinajstić information content (AvgIpc) is 2.73. The first-order chi connectivity index (χ1) is 10.7. The molecule has 0 aromatic heterocycles. The Balaban J connectivity index is 3.44. The molecule has 1 rings (SSSR count). The van der Waals surface area contributed by atoms with Crippen LogP contribution >= 0.6 is 0 Å². The van der Waals surface area contributed by atoms with E-state index in [2.05, 4.69) is 69.2 Å². The van der Waals surface area contributed by atoms with Gasteiger partial charge in [-0.25, -0.2) is 0 Å². The SMILES string of the molecule is CCCC(C)(C)C(C)(C)C1C(=O)OC(=O)C1C(C)(C)C(C)(C)CC. The molecule has 24 heavy (non-hydrogen) atoms. The lowest BCUT2D eigenvalue weighted by Crippen LogP contribution is -2.51. The number of carbonyl (C=O) groups is 2. The summed E-state index contributed by atoms with van der Waals surface area (Å²) >= 11 is 0. The van der Waals surface area contributed by atoms with Gasteiger partial charge in [-0.15, -0.1) is 0 Å². The number of esters is 2. The summed E-state index contributed by atoms with van der Waals surface area (Å²) in [6.45, 7) is 21.6. The molecule has 0 spiro atoms. The molecule has 1 heterocycles. The minimum Gasteiger partial charge on any atom is -0.393 e. The first kappa shape index (κ1) is 21.2. The number of carbonyl (C=O) groups excluding carboxylic acids is 2. The average molecular weight is 339 g/mol. The Morgan fingerprint density at radius 1 is 0.750 bits per heavy atom. The Labute approximate surface area is 148 Å². The van der Waals surface area contributed by atoms with E-state index < -0.39 is 11.8 Å². The summed E-state index contributed by atoms with van der Waals surface area (Å²) in [5.41, 5.74) is -0.765. The molecular weight excluding hydrogens is 300 g/mol. The topological polar surface area (TPSA) is 43.4 Å². The van der Waals surface area contributed by atoms with Crippen molar-refractivity contribution in [1.82, 2.24) is 0 Å². The van der Waals surface area contributed by atoms with E-state index in [1.54, 1.807) is 0 Å². The lowest BCUT2D eigenvalue weighted by atomic mass is 9.50. The second kappa shape index (κ2) is 6.46. The zero-order chi connectivity index (χ0) is 19.1. The van der Waals surface area contributed by atoms with E-state index in [0.717, 1.165) is 19.3 Å². The summed E-state index contributed by atoms with van der Waals surface area (Å²) in [4.78, 5) is 25.4. The van der Waals surface area contributed by atoms with Crippen molar-refractivity contribution >= 4 is 11.9 Å². The first-order valence-corrected chi connectivity index (χ1v) is 9.43. The maximum absolute atomic E-state index is 12.7. The van der Waals surface area contributed by atoms with Crippen molar-refractivity contribution in [1.29, 1.82) is 0 Å². The van der Waals surface area contributed by atoms with E-state index in [1.807, 2.05) is 0 Å². The standard InChI is InChI=1S/C21H38O3/c1-11-13-19(5,6)21(9,10)15-14(16(22)24-17(15)23)20(7,8)18(3,4)12-2/h14-15H,11-13H2,1-10H3. The Hall–Kier alpha value is -0.860. The molecule has 0 bridgehead atoms. The van der Waals surface area contributed by atoms with Crippen molar-refractivity contribution in [3.8, 4) is 0 Å². The van der Waals surface area contributed by atoms with Gasteiger partial charge in [0.1, 0.15) is 0 Å². The highest BCUT2D eigenvalue weighted by atomic mass is 16.6. The first-order valence-electron chi connectivity index (χ1n) is 9.43. The van der Waals surface area contributed by atoms with Crippen LogP contribution in [0.1, 0.15) is 88.5 Å². The number of ether oxygens (including phenoxy) is 1. The third-order valence-corrected chi connectivity index (χ3v) is 7.84. The van der Waals surface area contributed by atoms with Crippen LogP contribution in [0.5, 0.6) is 0 Å². The highest BCUT2D eigenvalue weighted by Crippen LogP contribution is 2.59. The van der Waals surface area contributed by atoms with Gasteiger partial charge in [0, 0.05) is 0 Å². The van der Waals surface area contributed by atoms with E-state index >= 15 is 0 Å². The van der Waals surface area contributed by atoms with Crippen LogP contribution in [0.4, 0.5) is 0 Å². The number of rotatable bonds is 7. The van der Waals surface area contributed by atoms with Crippen LogP contribution in [0.2, 0.25) is 0 Å². The minimum absolute atomic E-state index is 0.0548. The molecule has 1 saturated heterocycles. The fraction of sp³-hybridized carbons (Fsp3) is 0.905. The van der Waals surface area contributed by atoms with Crippen molar-refractivity contribution in [2.75, 3.05) is 0 Å². The Morgan fingerprint density at radius 3 is 1.46 bits per heavy atom. The van der Waals surface area contributed by atoms with Gasteiger partial charge in [0.2, 0.25) is 0 Å². The van der Waals surface area contributed by atoms with Gasteiger partial charge in [0.15, 0.2) is 0 Å². The van der Waals surface area contributed by atoms with E-state index in [-0.39, 0.29) is 33.6 Å². The second-order valence-corrected chi connectivity index (χ2v) is 10.0. The molecule has 0 aromatic rings. The predicted octanol–water partition coefficient (Wildman–Crippen LogP) is 5.62. The number of hydrogen-bond acceptors (Lipinski definition) is 3. The van der Waals surface area contributed by atoms with Gasteiger partial charge < -0.3 is 4.74 Å². The zero-order valence-electron chi connectivity index (χ0n) is 17.5. The molecule has 0 aliphatic carbocycles. The highest BCUT2D eigenvalue weighted by molar-refractivity contribution is 5.97. The minimum atomic E-state index is -0.397. The maximum atomic E-state index is 12.7. The molecule has 3 nitrogen and oxygen atoms in total. The Bertz CT molecular complexity index is 497. The lowest BCUT2D eigenvalue weighted by Gasteiger charge is -2.51. The molecule has 1 aliphatic heterocycles. The Morgan fingerprint density at radius 2 is 1.12 bits per heavy atom. The van der Waals surface area contributed by atoms with Crippen LogP contribution in [0.25, 0.3) is 0 Å². The number of hydrogen-bond donors (Lipinski definition) is 0. The second-order valence-electron chi connectivity index (χ2n) is 10.0. The van der Waals surface area contributed by atoms with Crippen LogP contribution in [0.3, 0.4) is 0 Å². The molecule has 2 atom stereocenters. The quantitative estimate of drug-likeness (QED) is 0.447. The maximum Gasteiger partial charge on any atom is 0.318 e. The van der Waals surface area contributed by atoms with Crippen molar-refractivity contribution in [2.45, 2.75) is 88.5 Å². The van der Waals surface area contributed by atoms with Crippen molar-refractivity contribution < 1.29 is 14.3 Å². The van der Waals surface area contributed by atoms with Crippen molar-refractivity contribution in [2.24, 2.45) is 33.5 Å². The molecule has 140 valence electrons. The largest absolute Gasteiger partial charge is 0.393 e. The summed E-state index contributed by atoms with van der Waals surface area (Å²) in [5.74, 6) is -1.46. The molecule has 0 saturated carbocycles. The Kier molecular flexibility index (Phi) is 5.70. The van der Waals surface area contributed by atoms with Crippen LogP contribution in [0.15, 0.2) is 0 Å². The molecule has 2 unspecified atom stereocenters. The monoisotopic (exact) mass is 338 g/mol. The van der Waals surface area contributed by atoms with Gasteiger partial charge in [-0.1, -0.05) is 82.1 Å². The summed E-state index contributed by atoms with van der Waals surface area (Å²) in [6.07, 6.45) is 3.02. The number of cyclic esters (lactones) is 2. The smallest absolute Gasteiger partial charge is 0.318 e. The normalized spacial score (nSPS) is 23.6. The molecule has 0 radical (unpaired) electrons. The van der Waals surface area contributed by atoms with Gasteiger partial charge in [-0.05, 0) is 28.1 Å². The van der Waals surface area contributed by atoms with E-state index in [4.69, 9.17) is 4.74 Å². The van der Waals surface area contributed by atoms with Gasteiger partial charge in [-0.2, -0.15) is 0 Å². The molecule has 3 heteroatoms. The van der Waals surface area contributed by atoms with Crippen LogP contribution in [0, 0.1) is 33.5 Å². The summed E-state index contributed by atoms with van der Waals surface area (Å²) in [7, 11) is 0. The highest BCUT2D eigenvalue weighted by Gasteiger charge is 2.62. The summed E-state index contributed by atoms with van der Waals surface area (Å²) < 4.78 is 5.19. The summed E-state index contributed by atoms with van der Waals surface area (Å²) in [5, 5.41) is 0. The lowest BCUT2D eigenvalue weighted by molar-refractivity contribution is -0.156. The predicted molar refractivity (Wildman–Crippen MR) is 98.4 cm³/mol. The van der Waals surface area contributed by atoms with Crippen LogP contribution < -0.4 is 0 Å². The van der Waals surface area contributed by atoms with E-state index in [9.17, 15) is 9.59 Å². The van der Waals surface area contributed by atoms with Crippen LogP contribution in [-0.2, 0) is 14.3 Å². The zero-order valence-corrected chi connectivity index (χ0v) is 17.5. The summed E-state index contributed by atoms with van der Waals surface area (Å²) in [6, 6.07) is 0. The van der Waals surface area contributed by atoms with Gasteiger partial charge >= 0.3 is 11.9 Å². The van der Waals surface area contributed by atoms with Crippen molar-refractivity contribution in [3.63, 3.8) is 0 Å². The molecule has 0 N–H and O–H groups in total. The van der Waals surface area contributed by atoms with Gasteiger partial charge in [0.05, 0.1) is 11.8 Å².